The number of benzene rings is 2. The number of para-hydroxylation sites is 1. The van der Waals surface area contributed by atoms with Crippen LogP contribution in [-0.4, -0.2) is 32.9 Å². The maximum Gasteiger partial charge on any atom is 0.308 e. The lowest BCUT2D eigenvalue weighted by Gasteiger charge is -2.37. The Labute approximate surface area is 154 Å². The maximum atomic E-state index is 14.6. The minimum Gasteiger partial charge on any atom is -0.320 e. The molecule has 2 aromatic carbocycles. The van der Waals surface area contributed by atoms with Gasteiger partial charge in [0.2, 0.25) is 0 Å². The third kappa shape index (κ3) is 3.60. The molecule has 0 saturated heterocycles. The Hall–Kier alpha value is -1.96. The van der Waals surface area contributed by atoms with Crippen molar-refractivity contribution in [3.05, 3.63) is 59.4 Å². The van der Waals surface area contributed by atoms with Gasteiger partial charge in [-0.25, -0.2) is 8.70 Å². The Bertz CT molecular complexity index is 886. The van der Waals surface area contributed by atoms with Crippen LogP contribution in [0.5, 0.6) is 0 Å². The molecule has 0 spiro atoms. The Balaban J connectivity index is 2.02. The monoisotopic (exact) mass is 377 g/mol. The van der Waals surface area contributed by atoms with Crippen molar-refractivity contribution in [2.24, 2.45) is 0 Å². The fraction of sp³-hybridized carbons (Fsp3) is 0.368. The van der Waals surface area contributed by atoms with Gasteiger partial charge in [0.15, 0.2) is 0 Å². The molecular weight excluding hydrogens is 353 g/mol. The van der Waals surface area contributed by atoms with Crippen LogP contribution in [0.4, 0.5) is 15.8 Å². The number of rotatable bonds is 6. The predicted molar refractivity (Wildman–Crippen MR) is 102 cm³/mol. The topological polar surface area (TPSA) is 52.6 Å². The molecule has 0 saturated carbocycles. The average Bonchev–Trinajstić information content (AvgIpc) is 2.60. The summed E-state index contributed by atoms with van der Waals surface area (Å²) in [5.74, 6) is -0.541. The molecule has 5 nitrogen and oxygen atoms in total. The summed E-state index contributed by atoms with van der Waals surface area (Å²) in [5, 5.41) is 3.06. The van der Waals surface area contributed by atoms with Gasteiger partial charge in [-0.15, -0.1) is 0 Å². The Morgan fingerprint density at radius 1 is 1.12 bits per heavy atom. The molecule has 0 bridgehead atoms. The second kappa shape index (κ2) is 7.73. The van der Waals surface area contributed by atoms with Gasteiger partial charge in [0, 0.05) is 13.1 Å². The van der Waals surface area contributed by atoms with E-state index in [9.17, 15) is 12.8 Å². The molecule has 1 aliphatic rings. The molecule has 26 heavy (non-hydrogen) atoms. The van der Waals surface area contributed by atoms with Gasteiger partial charge >= 0.3 is 10.2 Å². The van der Waals surface area contributed by atoms with Crippen LogP contribution < -0.4 is 9.62 Å². The molecule has 0 radical (unpaired) electrons. The maximum absolute atomic E-state index is 14.6. The fourth-order valence-corrected chi connectivity index (χ4v) is 4.89. The summed E-state index contributed by atoms with van der Waals surface area (Å²) in [6.07, 6.45) is 1.62. The summed E-state index contributed by atoms with van der Waals surface area (Å²) in [6.45, 7) is 3.32. The smallest absolute Gasteiger partial charge is 0.308 e. The van der Waals surface area contributed by atoms with Crippen molar-refractivity contribution in [2.45, 2.75) is 26.3 Å². The zero-order valence-corrected chi connectivity index (χ0v) is 15.9. The van der Waals surface area contributed by atoms with Gasteiger partial charge in [-0.1, -0.05) is 24.3 Å². The van der Waals surface area contributed by atoms with Crippen molar-refractivity contribution in [3.63, 3.8) is 0 Å². The van der Waals surface area contributed by atoms with Crippen molar-refractivity contribution in [2.75, 3.05) is 24.4 Å². The van der Waals surface area contributed by atoms with Crippen LogP contribution in [0.15, 0.2) is 42.5 Å². The molecule has 140 valence electrons. The lowest BCUT2D eigenvalue weighted by molar-refractivity contribution is 0.388. The number of nitrogens with one attached hydrogen (secondary N) is 1. The summed E-state index contributed by atoms with van der Waals surface area (Å²) < 4.78 is 43.7. The van der Waals surface area contributed by atoms with Crippen LogP contribution in [0.3, 0.4) is 0 Å². The highest BCUT2D eigenvalue weighted by atomic mass is 32.2. The molecule has 1 aliphatic heterocycles. The molecule has 3 rings (SSSR count). The second-order valence-electron chi connectivity index (χ2n) is 6.50. The van der Waals surface area contributed by atoms with Crippen molar-refractivity contribution in [1.82, 2.24) is 9.62 Å². The van der Waals surface area contributed by atoms with Crippen LogP contribution in [0.1, 0.15) is 24.0 Å². The van der Waals surface area contributed by atoms with Gasteiger partial charge in [0.25, 0.3) is 0 Å². The van der Waals surface area contributed by atoms with E-state index < -0.39 is 16.0 Å². The number of nitrogens with zero attached hydrogens (tertiary/aromatic N) is 2. The fourth-order valence-electron chi connectivity index (χ4n) is 3.17. The molecule has 1 N–H and O–H groups in total. The zero-order chi connectivity index (χ0) is 18.7. The number of halogens is 1. The van der Waals surface area contributed by atoms with Gasteiger partial charge < -0.3 is 5.32 Å². The lowest BCUT2D eigenvalue weighted by Crippen LogP contribution is -2.46. The highest BCUT2D eigenvalue weighted by molar-refractivity contribution is 7.90. The van der Waals surface area contributed by atoms with Crippen molar-refractivity contribution in [3.8, 4) is 0 Å². The molecule has 0 fully saturated rings. The first-order valence-electron chi connectivity index (χ1n) is 8.74. The molecule has 0 aliphatic carbocycles. The molecule has 0 atom stereocenters. The zero-order valence-electron chi connectivity index (χ0n) is 15.1. The van der Waals surface area contributed by atoms with E-state index in [1.807, 2.05) is 19.2 Å². The number of aryl methyl sites for hydroxylation is 1. The molecule has 7 heteroatoms. The van der Waals surface area contributed by atoms with Gasteiger partial charge in [-0.2, -0.15) is 12.7 Å². The summed E-state index contributed by atoms with van der Waals surface area (Å²) in [6, 6.07) is 11.9. The lowest BCUT2D eigenvalue weighted by atomic mass is 10.1. The number of unbranched alkanes of at least 4 members (excludes halogenated alkanes) is 1. The molecule has 1 heterocycles. The first-order chi connectivity index (χ1) is 12.4. The quantitative estimate of drug-likeness (QED) is 0.786. The van der Waals surface area contributed by atoms with Crippen molar-refractivity contribution < 1.29 is 12.8 Å². The van der Waals surface area contributed by atoms with Gasteiger partial charge in [-0.05, 0) is 62.7 Å². The van der Waals surface area contributed by atoms with Crippen molar-refractivity contribution in [1.29, 1.82) is 0 Å². The average molecular weight is 377 g/mol. The van der Waals surface area contributed by atoms with E-state index in [-0.39, 0.29) is 5.69 Å². The predicted octanol–water partition coefficient (Wildman–Crippen LogP) is 3.33. The summed E-state index contributed by atoms with van der Waals surface area (Å²) >= 11 is 0. The van der Waals surface area contributed by atoms with E-state index in [0.717, 1.165) is 34.8 Å². The highest BCUT2D eigenvalue weighted by Gasteiger charge is 2.38. The van der Waals surface area contributed by atoms with E-state index >= 15 is 0 Å². The number of hydrogen-bond donors (Lipinski definition) is 1. The van der Waals surface area contributed by atoms with Gasteiger partial charge in [0.05, 0.1) is 11.4 Å². The van der Waals surface area contributed by atoms with E-state index in [0.29, 0.717) is 18.8 Å². The number of hydrogen-bond acceptors (Lipinski definition) is 3. The highest BCUT2D eigenvalue weighted by Crippen LogP contribution is 2.39. The normalized spacial score (nSPS) is 16.5. The van der Waals surface area contributed by atoms with Gasteiger partial charge in [-0.3, -0.25) is 0 Å². The van der Waals surface area contributed by atoms with E-state index in [2.05, 4.69) is 5.32 Å². The third-order valence-electron chi connectivity index (χ3n) is 4.52. The number of fused-ring (bicyclic) bond motifs is 1. The minimum atomic E-state index is -3.85. The first kappa shape index (κ1) is 18.8. The standard InChI is InChI=1S/C19H24FN3O2S/c1-15-9-10-19(17(20)13-15)23-18-8-4-3-7-16(18)14-22(26(23,24)25)12-6-5-11-21-2/h3-4,7-10,13,21H,5-6,11-12,14H2,1-2H3. The minimum absolute atomic E-state index is 0.0583. The first-order valence-corrected chi connectivity index (χ1v) is 10.1. The summed E-state index contributed by atoms with van der Waals surface area (Å²) in [4.78, 5) is 0. The van der Waals surface area contributed by atoms with Crippen LogP contribution in [-0.2, 0) is 16.8 Å². The second-order valence-corrected chi connectivity index (χ2v) is 8.28. The van der Waals surface area contributed by atoms with E-state index in [1.165, 1.54) is 16.4 Å². The van der Waals surface area contributed by atoms with Gasteiger partial charge in [0.1, 0.15) is 5.82 Å². The molecule has 0 aromatic heterocycles. The van der Waals surface area contributed by atoms with Crippen molar-refractivity contribution >= 4 is 21.6 Å². The van der Waals surface area contributed by atoms with Crippen LogP contribution in [0.25, 0.3) is 0 Å². The van der Waals surface area contributed by atoms with Crippen LogP contribution in [0.2, 0.25) is 0 Å². The van der Waals surface area contributed by atoms with Crippen LogP contribution in [0, 0.1) is 12.7 Å². The van der Waals surface area contributed by atoms with Crippen LogP contribution >= 0.6 is 0 Å². The molecule has 0 amide bonds. The Morgan fingerprint density at radius 2 is 1.88 bits per heavy atom. The van der Waals surface area contributed by atoms with E-state index in [4.69, 9.17) is 0 Å². The molecule has 0 unspecified atom stereocenters. The molecular formula is C19H24FN3O2S. The third-order valence-corrected chi connectivity index (χ3v) is 6.34. The Morgan fingerprint density at radius 3 is 2.62 bits per heavy atom. The molecule has 2 aromatic rings. The largest absolute Gasteiger partial charge is 0.320 e. The summed E-state index contributed by atoms with van der Waals surface area (Å²) in [5.41, 5.74) is 2.19. The Kier molecular flexibility index (Phi) is 5.60. The summed E-state index contributed by atoms with van der Waals surface area (Å²) in [7, 11) is -1.98. The number of anilines is 2. The SMILES string of the molecule is CNCCCCN1Cc2ccccc2N(c2ccc(C)cc2F)S1(=O)=O. The van der Waals surface area contributed by atoms with E-state index in [1.54, 1.807) is 25.1 Å².